The van der Waals surface area contributed by atoms with Crippen molar-refractivity contribution in [2.45, 2.75) is 12.5 Å². The van der Waals surface area contributed by atoms with Gasteiger partial charge in [0, 0.05) is 25.4 Å². The summed E-state index contributed by atoms with van der Waals surface area (Å²) in [6.45, 7) is 0.827. The standard InChI is InChI=1S/C16H17N3O/c1-2-5-13(6-3-1)16(14-7-4-12-20-14)19-9-8-15-17-10-11-18-15/h1-7,10-12,16,19H,8-9H2,(H,17,18). The quantitative estimate of drug-likeness (QED) is 0.722. The third-order valence-electron chi connectivity index (χ3n) is 3.23. The minimum atomic E-state index is 0.0705. The molecule has 0 fully saturated rings. The Kier molecular flexibility index (Phi) is 3.94. The molecule has 2 N–H and O–H groups in total. The third kappa shape index (κ3) is 2.97. The second-order valence-corrected chi connectivity index (χ2v) is 4.60. The van der Waals surface area contributed by atoms with Crippen molar-refractivity contribution in [3.8, 4) is 0 Å². The lowest BCUT2D eigenvalue weighted by Gasteiger charge is -2.16. The molecule has 2 aromatic heterocycles. The Morgan fingerprint density at radius 1 is 1.15 bits per heavy atom. The molecule has 0 spiro atoms. The lowest BCUT2D eigenvalue weighted by atomic mass is 10.0. The molecule has 102 valence electrons. The number of hydrogen-bond donors (Lipinski definition) is 2. The van der Waals surface area contributed by atoms with Gasteiger partial charge < -0.3 is 14.7 Å². The Balaban J connectivity index is 1.70. The molecule has 1 atom stereocenters. The summed E-state index contributed by atoms with van der Waals surface area (Å²) in [6.07, 6.45) is 6.18. The maximum Gasteiger partial charge on any atom is 0.125 e. The van der Waals surface area contributed by atoms with Crippen LogP contribution in [0.1, 0.15) is 23.2 Å². The number of furan rings is 1. The van der Waals surface area contributed by atoms with Gasteiger partial charge in [-0.25, -0.2) is 4.98 Å². The van der Waals surface area contributed by atoms with Gasteiger partial charge in [-0.1, -0.05) is 30.3 Å². The summed E-state index contributed by atoms with van der Waals surface area (Å²) >= 11 is 0. The SMILES string of the molecule is c1ccc(C(NCCc2ncc[nH]2)c2ccco2)cc1. The number of imidazole rings is 1. The number of nitrogens with one attached hydrogen (secondary N) is 2. The van der Waals surface area contributed by atoms with Crippen LogP contribution in [0.4, 0.5) is 0 Å². The van der Waals surface area contributed by atoms with Gasteiger partial charge in [-0.3, -0.25) is 0 Å². The molecule has 0 saturated carbocycles. The van der Waals surface area contributed by atoms with Crippen molar-refractivity contribution in [3.05, 3.63) is 78.3 Å². The first-order valence-corrected chi connectivity index (χ1v) is 6.73. The van der Waals surface area contributed by atoms with E-state index in [1.165, 1.54) is 5.56 Å². The second-order valence-electron chi connectivity index (χ2n) is 4.60. The molecule has 2 heterocycles. The summed E-state index contributed by atoms with van der Waals surface area (Å²) < 4.78 is 5.55. The maximum atomic E-state index is 5.55. The molecule has 4 heteroatoms. The molecule has 0 saturated heterocycles. The first kappa shape index (κ1) is 12.7. The molecule has 3 rings (SSSR count). The smallest absolute Gasteiger partial charge is 0.125 e. The van der Waals surface area contributed by atoms with Crippen LogP contribution in [0.2, 0.25) is 0 Å². The molecule has 0 aliphatic carbocycles. The van der Waals surface area contributed by atoms with Crippen LogP contribution in [0.3, 0.4) is 0 Å². The van der Waals surface area contributed by atoms with E-state index in [1.807, 2.05) is 36.5 Å². The van der Waals surface area contributed by atoms with Crippen molar-refractivity contribution in [1.29, 1.82) is 0 Å². The van der Waals surface area contributed by atoms with Gasteiger partial charge in [0.25, 0.3) is 0 Å². The van der Waals surface area contributed by atoms with Crippen LogP contribution < -0.4 is 5.32 Å². The molecular formula is C16H17N3O. The van der Waals surface area contributed by atoms with Gasteiger partial charge in [0.05, 0.1) is 12.3 Å². The minimum absolute atomic E-state index is 0.0705. The molecule has 1 unspecified atom stereocenters. The van der Waals surface area contributed by atoms with E-state index < -0.39 is 0 Å². The van der Waals surface area contributed by atoms with Crippen molar-refractivity contribution >= 4 is 0 Å². The number of aromatic nitrogens is 2. The largest absolute Gasteiger partial charge is 0.467 e. The van der Waals surface area contributed by atoms with Crippen molar-refractivity contribution in [2.75, 3.05) is 6.54 Å². The van der Waals surface area contributed by atoms with E-state index in [0.717, 1.165) is 24.6 Å². The highest BCUT2D eigenvalue weighted by molar-refractivity contribution is 5.26. The van der Waals surface area contributed by atoms with Gasteiger partial charge in [-0.15, -0.1) is 0 Å². The van der Waals surface area contributed by atoms with Crippen LogP contribution >= 0.6 is 0 Å². The summed E-state index contributed by atoms with van der Waals surface area (Å²) in [5.41, 5.74) is 1.20. The first-order valence-electron chi connectivity index (χ1n) is 6.73. The minimum Gasteiger partial charge on any atom is -0.467 e. The number of hydrogen-bond acceptors (Lipinski definition) is 3. The zero-order valence-electron chi connectivity index (χ0n) is 11.1. The first-order chi connectivity index (χ1) is 9.93. The summed E-state index contributed by atoms with van der Waals surface area (Å²) in [6, 6.07) is 14.3. The monoisotopic (exact) mass is 267 g/mol. The Bertz CT molecular complexity index is 602. The predicted molar refractivity (Wildman–Crippen MR) is 77.3 cm³/mol. The van der Waals surface area contributed by atoms with Gasteiger partial charge >= 0.3 is 0 Å². The Labute approximate surface area is 117 Å². The van der Waals surface area contributed by atoms with E-state index in [-0.39, 0.29) is 6.04 Å². The fourth-order valence-electron chi connectivity index (χ4n) is 2.25. The summed E-state index contributed by atoms with van der Waals surface area (Å²) in [5.74, 6) is 1.92. The van der Waals surface area contributed by atoms with Gasteiger partial charge in [0.15, 0.2) is 0 Å². The van der Waals surface area contributed by atoms with Crippen LogP contribution in [0.25, 0.3) is 0 Å². The maximum absolute atomic E-state index is 5.55. The third-order valence-corrected chi connectivity index (χ3v) is 3.23. The lowest BCUT2D eigenvalue weighted by Crippen LogP contribution is -2.24. The predicted octanol–water partition coefficient (Wildman–Crippen LogP) is 2.92. The van der Waals surface area contributed by atoms with Crippen molar-refractivity contribution in [2.24, 2.45) is 0 Å². The fourth-order valence-corrected chi connectivity index (χ4v) is 2.25. The molecule has 4 nitrogen and oxygen atoms in total. The van der Waals surface area contributed by atoms with Crippen LogP contribution in [-0.2, 0) is 6.42 Å². The lowest BCUT2D eigenvalue weighted by molar-refractivity contribution is 0.447. The Morgan fingerprint density at radius 3 is 2.75 bits per heavy atom. The van der Waals surface area contributed by atoms with Crippen molar-refractivity contribution in [3.63, 3.8) is 0 Å². The molecule has 20 heavy (non-hydrogen) atoms. The Hall–Kier alpha value is -2.33. The van der Waals surface area contributed by atoms with E-state index in [2.05, 4.69) is 27.4 Å². The van der Waals surface area contributed by atoms with Crippen molar-refractivity contribution < 1.29 is 4.42 Å². The van der Waals surface area contributed by atoms with Crippen molar-refractivity contribution in [1.82, 2.24) is 15.3 Å². The van der Waals surface area contributed by atoms with E-state index in [9.17, 15) is 0 Å². The zero-order valence-corrected chi connectivity index (χ0v) is 11.1. The molecule has 0 aliphatic heterocycles. The van der Waals surface area contributed by atoms with Gasteiger partial charge in [-0.05, 0) is 17.7 Å². The summed E-state index contributed by atoms with van der Waals surface area (Å²) in [4.78, 5) is 7.34. The number of benzene rings is 1. The number of H-pyrrole nitrogens is 1. The van der Waals surface area contributed by atoms with E-state index in [4.69, 9.17) is 4.42 Å². The summed E-state index contributed by atoms with van der Waals surface area (Å²) in [7, 11) is 0. The van der Waals surface area contributed by atoms with Crippen LogP contribution in [0.5, 0.6) is 0 Å². The normalized spacial score (nSPS) is 12.4. The Morgan fingerprint density at radius 2 is 2.05 bits per heavy atom. The number of nitrogens with zero attached hydrogens (tertiary/aromatic N) is 1. The fraction of sp³-hybridized carbons (Fsp3) is 0.188. The highest BCUT2D eigenvalue weighted by Gasteiger charge is 2.15. The summed E-state index contributed by atoms with van der Waals surface area (Å²) in [5, 5.41) is 3.52. The van der Waals surface area contributed by atoms with E-state index in [0.29, 0.717) is 0 Å². The average Bonchev–Trinajstić information content (AvgIpc) is 3.18. The van der Waals surface area contributed by atoms with Gasteiger partial charge in [-0.2, -0.15) is 0 Å². The van der Waals surface area contributed by atoms with E-state index >= 15 is 0 Å². The zero-order chi connectivity index (χ0) is 13.6. The average molecular weight is 267 g/mol. The molecule has 3 aromatic rings. The molecule has 0 aliphatic rings. The molecule has 1 aromatic carbocycles. The van der Waals surface area contributed by atoms with Crippen LogP contribution in [0, 0.1) is 0 Å². The van der Waals surface area contributed by atoms with Crippen LogP contribution in [0.15, 0.2) is 65.5 Å². The second kappa shape index (κ2) is 6.21. The number of aromatic amines is 1. The molecule has 0 bridgehead atoms. The molecule has 0 radical (unpaired) electrons. The molecule has 0 amide bonds. The topological polar surface area (TPSA) is 53.9 Å². The van der Waals surface area contributed by atoms with E-state index in [1.54, 1.807) is 12.5 Å². The van der Waals surface area contributed by atoms with Gasteiger partial charge in [0.2, 0.25) is 0 Å². The number of rotatable bonds is 6. The highest BCUT2D eigenvalue weighted by Crippen LogP contribution is 2.22. The van der Waals surface area contributed by atoms with Crippen LogP contribution in [-0.4, -0.2) is 16.5 Å². The van der Waals surface area contributed by atoms with Gasteiger partial charge in [0.1, 0.15) is 11.6 Å². The highest BCUT2D eigenvalue weighted by atomic mass is 16.3. The molecular weight excluding hydrogens is 250 g/mol.